The predicted octanol–water partition coefficient (Wildman–Crippen LogP) is 4.15. The molecular formula is C24H35N3O3. The average molecular weight is 414 g/mol. The van der Waals surface area contributed by atoms with Gasteiger partial charge in [0.15, 0.2) is 0 Å². The standard InChI is InChI=1S/C24H33N3O3.H2/c1-16(2)30-23(29)27-17-6-5-7-18(27)15-19(14-17)26-12-10-24(11-13-26)20-8-3-4-9-21(20)25-22(24)28;/h3-4,8-9,16-19H,5-7,10-15H2,1-2H3,(H,25,28);1H. The normalized spacial score (nSPS) is 30.3. The van der Waals surface area contributed by atoms with Gasteiger partial charge in [-0.3, -0.25) is 4.79 Å². The van der Waals surface area contributed by atoms with Gasteiger partial charge in [0.05, 0.1) is 11.5 Å². The van der Waals surface area contributed by atoms with Crippen LogP contribution < -0.4 is 5.32 Å². The highest BCUT2D eigenvalue weighted by Gasteiger charge is 2.50. The van der Waals surface area contributed by atoms with E-state index in [4.69, 9.17) is 4.74 Å². The molecule has 0 aliphatic carbocycles. The van der Waals surface area contributed by atoms with E-state index in [9.17, 15) is 9.59 Å². The van der Waals surface area contributed by atoms with Gasteiger partial charge < -0.3 is 19.9 Å². The number of hydrogen-bond acceptors (Lipinski definition) is 4. The highest BCUT2D eigenvalue weighted by atomic mass is 16.6. The lowest BCUT2D eigenvalue weighted by Gasteiger charge is -2.52. The number of carbonyl (C=O) groups is 2. The van der Waals surface area contributed by atoms with Crippen molar-refractivity contribution in [1.29, 1.82) is 0 Å². The van der Waals surface area contributed by atoms with Gasteiger partial charge in [0.25, 0.3) is 0 Å². The van der Waals surface area contributed by atoms with E-state index in [1.54, 1.807) is 0 Å². The van der Waals surface area contributed by atoms with E-state index >= 15 is 0 Å². The number of ether oxygens (including phenoxy) is 1. The van der Waals surface area contributed by atoms with Gasteiger partial charge in [-0.15, -0.1) is 0 Å². The number of fused-ring (bicyclic) bond motifs is 4. The van der Waals surface area contributed by atoms with Crippen LogP contribution in [0.4, 0.5) is 10.5 Å². The molecule has 3 saturated heterocycles. The smallest absolute Gasteiger partial charge is 0.410 e. The summed E-state index contributed by atoms with van der Waals surface area (Å²) in [5, 5.41) is 3.10. The molecular weight excluding hydrogens is 378 g/mol. The number of para-hydroxylation sites is 1. The van der Waals surface area contributed by atoms with Crippen LogP contribution in [0.5, 0.6) is 0 Å². The molecule has 3 fully saturated rings. The Kier molecular flexibility index (Phi) is 5.00. The number of likely N-dealkylation sites (tertiary alicyclic amines) is 1. The highest BCUT2D eigenvalue weighted by molar-refractivity contribution is 6.06. The van der Waals surface area contributed by atoms with Crippen LogP contribution in [-0.2, 0) is 14.9 Å². The molecule has 6 heteroatoms. The molecule has 2 amide bonds. The zero-order valence-corrected chi connectivity index (χ0v) is 18.1. The molecule has 164 valence electrons. The number of rotatable bonds is 2. The lowest BCUT2D eigenvalue weighted by Crippen LogP contribution is -2.60. The summed E-state index contributed by atoms with van der Waals surface area (Å²) < 4.78 is 5.54. The minimum absolute atomic E-state index is 0. The van der Waals surface area contributed by atoms with Crippen LogP contribution in [0, 0.1) is 0 Å². The van der Waals surface area contributed by atoms with Gasteiger partial charge in [-0.25, -0.2) is 4.79 Å². The SMILES string of the molecule is CC(C)OC(=O)N1C2CCCC1CC(N1CCC3(CC1)C(=O)Nc1ccccc13)C2.[HH]. The molecule has 6 nitrogen and oxygen atoms in total. The first kappa shape index (κ1) is 19.9. The zero-order valence-electron chi connectivity index (χ0n) is 18.1. The van der Waals surface area contributed by atoms with Crippen LogP contribution in [-0.4, -0.2) is 59.1 Å². The van der Waals surface area contributed by atoms with Crippen LogP contribution in [0.3, 0.4) is 0 Å². The van der Waals surface area contributed by atoms with Crippen molar-refractivity contribution in [3.05, 3.63) is 29.8 Å². The highest BCUT2D eigenvalue weighted by Crippen LogP contribution is 2.46. The van der Waals surface area contributed by atoms with E-state index in [-0.39, 0.29) is 24.9 Å². The van der Waals surface area contributed by atoms with Gasteiger partial charge >= 0.3 is 6.09 Å². The summed E-state index contributed by atoms with van der Waals surface area (Å²) in [6, 6.07) is 9.25. The van der Waals surface area contributed by atoms with Gasteiger partial charge in [-0.05, 0) is 83.5 Å². The first-order chi connectivity index (χ1) is 14.5. The number of amides is 2. The Balaban J connectivity index is 0.00000231. The number of carbonyl (C=O) groups excluding carboxylic acids is 2. The summed E-state index contributed by atoms with van der Waals surface area (Å²) in [4.78, 5) is 30.2. The third kappa shape index (κ3) is 3.20. The molecule has 30 heavy (non-hydrogen) atoms. The first-order valence-corrected chi connectivity index (χ1v) is 11.6. The number of nitrogens with zero attached hydrogens (tertiary/aromatic N) is 2. The van der Waals surface area contributed by atoms with Crippen molar-refractivity contribution < 1.29 is 15.8 Å². The average Bonchev–Trinajstić information content (AvgIpc) is 2.98. The molecule has 1 aromatic carbocycles. The molecule has 2 atom stereocenters. The lowest BCUT2D eigenvalue weighted by atomic mass is 9.72. The van der Waals surface area contributed by atoms with E-state index in [0.717, 1.165) is 57.3 Å². The second-order valence-corrected chi connectivity index (χ2v) is 9.82. The molecule has 0 aromatic heterocycles. The zero-order chi connectivity index (χ0) is 20.9. The van der Waals surface area contributed by atoms with Crippen molar-refractivity contribution in [3.8, 4) is 0 Å². The maximum absolute atomic E-state index is 12.9. The Labute approximate surface area is 180 Å². The van der Waals surface area contributed by atoms with E-state index in [2.05, 4.69) is 16.3 Å². The minimum Gasteiger partial charge on any atom is -0.447 e. The molecule has 4 aliphatic rings. The van der Waals surface area contributed by atoms with Crippen molar-refractivity contribution in [1.82, 2.24) is 9.80 Å². The quantitative estimate of drug-likeness (QED) is 0.791. The fourth-order valence-electron chi connectivity index (χ4n) is 6.35. The summed E-state index contributed by atoms with van der Waals surface area (Å²) in [5.41, 5.74) is 1.81. The number of hydrogen-bond donors (Lipinski definition) is 1. The number of nitrogens with one attached hydrogen (secondary N) is 1. The predicted molar refractivity (Wildman–Crippen MR) is 118 cm³/mol. The maximum Gasteiger partial charge on any atom is 0.410 e. The van der Waals surface area contributed by atoms with Gasteiger partial charge in [0, 0.05) is 25.2 Å². The van der Waals surface area contributed by atoms with Crippen molar-refractivity contribution in [2.75, 3.05) is 18.4 Å². The van der Waals surface area contributed by atoms with E-state index in [0.29, 0.717) is 18.1 Å². The van der Waals surface area contributed by atoms with Gasteiger partial charge in [0.1, 0.15) is 0 Å². The Morgan fingerprint density at radius 2 is 1.80 bits per heavy atom. The largest absolute Gasteiger partial charge is 0.447 e. The lowest BCUT2D eigenvalue weighted by molar-refractivity contribution is -0.123. The van der Waals surface area contributed by atoms with E-state index in [1.807, 2.05) is 36.9 Å². The Hall–Kier alpha value is -2.08. The Bertz CT molecular complexity index is 823. The van der Waals surface area contributed by atoms with Crippen LogP contribution >= 0.6 is 0 Å². The summed E-state index contributed by atoms with van der Waals surface area (Å²) in [5.74, 6) is 0.173. The van der Waals surface area contributed by atoms with Crippen LogP contribution in [0.15, 0.2) is 24.3 Å². The third-order valence-corrected chi connectivity index (χ3v) is 7.79. The van der Waals surface area contributed by atoms with Crippen molar-refractivity contribution in [2.24, 2.45) is 0 Å². The van der Waals surface area contributed by atoms with Crippen LogP contribution in [0.1, 0.15) is 65.8 Å². The fraction of sp³-hybridized carbons (Fsp3) is 0.667. The molecule has 1 N–H and O–H groups in total. The van der Waals surface area contributed by atoms with Gasteiger partial charge in [0.2, 0.25) is 5.91 Å². The summed E-state index contributed by atoms with van der Waals surface area (Å²) in [6.45, 7) is 5.73. The molecule has 0 radical (unpaired) electrons. The van der Waals surface area contributed by atoms with Gasteiger partial charge in [-0.1, -0.05) is 18.2 Å². The molecule has 4 aliphatic heterocycles. The summed E-state index contributed by atoms with van der Waals surface area (Å²) in [7, 11) is 0. The Morgan fingerprint density at radius 3 is 2.47 bits per heavy atom. The van der Waals surface area contributed by atoms with E-state index in [1.165, 1.54) is 12.0 Å². The van der Waals surface area contributed by atoms with Crippen LogP contribution in [0.2, 0.25) is 0 Å². The number of benzene rings is 1. The van der Waals surface area contributed by atoms with Crippen molar-refractivity contribution in [3.63, 3.8) is 0 Å². The third-order valence-electron chi connectivity index (χ3n) is 7.79. The second-order valence-electron chi connectivity index (χ2n) is 9.82. The molecule has 0 saturated carbocycles. The Morgan fingerprint density at radius 1 is 1.13 bits per heavy atom. The summed E-state index contributed by atoms with van der Waals surface area (Å²) in [6.07, 6.45) is 6.96. The van der Waals surface area contributed by atoms with Crippen LogP contribution in [0.25, 0.3) is 0 Å². The van der Waals surface area contributed by atoms with E-state index < -0.39 is 0 Å². The number of anilines is 1. The molecule has 4 heterocycles. The monoisotopic (exact) mass is 413 g/mol. The number of piperidine rings is 3. The summed E-state index contributed by atoms with van der Waals surface area (Å²) >= 11 is 0. The minimum atomic E-state index is -0.356. The molecule has 2 bridgehead atoms. The molecule has 1 spiro atoms. The van der Waals surface area contributed by atoms with Crippen molar-refractivity contribution >= 4 is 17.7 Å². The maximum atomic E-state index is 12.9. The fourth-order valence-corrected chi connectivity index (χ4v) is 6.35. The first-order valence-electron chi connectivity index (χ1n) is 11.6. The van der Waals surface area contributed by atoms with Gasteiger partial charge in [-0.2, -0.15) is 0 Å². The second kappa shape index (κ2) is 7.56. The van der Waals surface area contributed by atoms with Crippen molar-refractivity contribution in [2.45, 2.75) is 88.4 Å². The molecule has 2 unspecified atom stereocenters. The topological polar surface area (TPSA) is 61.9 Å². The molecule has 1 aromatic rings. The molecule has 5 rings (SSSR count).